The molecule has 0 spiro atoms. The number of ether oxygens (including phenoxy) is 1. The number of carbonyl (C=O) groups is 1. The van der Waals surface area contributed by atoms with Crippen molar-refractivity contribution in [2.24, 2.45) is 0 Å². The zero-order valence-electron chi connectivity index (χ0n) is 16.7. The van der Waals surface area contributed by atoms with Crippen LogP contribution in [0, 0.1) is 10.1 Å². The van der Waals surface area contributed by atoms with Crippen molar-refractivity contribution in [1.29, 1.82) is 0 Å². The van der Waals surface area contributed by atoms with Gasteiger partial charge in [-0.25, -0.2) is 4.98 Å². The van der Waals surface area contributed by atoms with E-state index in [-0.39, 0.29) is 30.3 Å². The molecule has 29 heavy (non-hydrogen) atoms. The Hall–Kier alpha value is -3.42. The van der Waals surface area contributed by atoms with Crippen molar-refractivity contribution in [3.63, 3.8) is 0 Å². The van der Waals surface area contributed by atoms with Crippen molar-refractivity contribution in [2.75, 3.05) is 0 Å². The molecular weight excluding hydrogens is 372 g/mol. The van der Waals surface area contributed by atoms with E-state index in [0.29, 0.717) is 11.0 Å². The number of non-ortho nitro benzene ring substituents is 1. The number of carbonyl (C=O) groups excluding carboxylic acids is 1. The Kier molecular flexibility index (Phi) is 6.11. The molecule has 0 fully saturated rings. The summed E-state index contributed by atoms with van der Waals surface area (Å²) in [6.45, 7) is 5.91. The molecule has 1 heterocycles. The van der Waals surface area contributed by atoms with E-state index < -0.39 is 4.92 Å². The molecule has 0 saturated heterocycles. The molecule has 8 heteroatoms. The Morgan fingerprint density at radius 2 is 1.97 bits per heavy atom. The Bertz CT molecular complexity index is 1010. The summed E-state index contributed by atoms with van der Waals surface area (Å²) in [5, 5.41) is 14.2. The molecule has 152 valence electrons. The van der Waals surface area contributed by atoms with Gasteiger partial charge in [-0.1, -0.05) is 25.1 Å². The molecule has 2 aromatic carbocycles. The van der Waals surface area contributed by atoms with Crippen LogP contribution in [-0.2, 0) is 11.3 Å². The normalized spacial score (nSPS) is 13.1. The molecule has 2 atom stereocenters. The first-order valence-electron chi connectivity index (χ1n) is 9.53. The fourth-order valence-electron chi connectivity index (χ4n) is 3.05. The maximum absolute atomic E-state index is 12.5. The first-order chi connectivity index (χ1) is 13.9. The van der Waals surface area contributed by atoms with Gasteiger partial charge in [0.1, 0.15) is 17.8 Å². The summed E-state index contributed by atoms with van der Waals surface area (Å²) < 4.78 is 7.27. The highest BCUT2D eigenvalue weighted by atomic mass is 16.6. The lowest BCUT2D eigenvalue weighted by Crippen LogP contribution is -2.30. The minimum atomic E-state index is -0.468. The van der Waals surface area contributed by atoms with Crippen LogP contribution in [0.5, 0.6) is 5.75 Å². The molecule has 0 aliphatic carbocycles. The number of nitrogens with zero attached hydrogens (tertiary/aromatic N) is 3. The van der Waals surface area contributed by atoms with Gasteiger partial charge in [0.15, 0.2) is 0 Å². The lowest BCUT2D eigenvalue weighted by Gasteiger charge is -2.17. The maximum Gasteiger partial charge on any atom is 0.295 e. The Balaban J connectivity index is 1.68. The summed E-state index contributed by atoms with van der Waals surface area (Å²) in [6.07, 6.45) is 2.52. The van der Waals surface area contributed by atoms with Crippen LogP contribution in [0.3, 0.4) is 0 Å². The molecule has 8 nitrogen and oxygen atoms in total. The van der Waals surface area contributed by atoms with Crippen molar-refractivity contribution in [3.05, 3.63) is 64.5 Å². The first-order valence-corrected chi connectivity index (χ1v) is 9.53. The van der Waals surface area contributed by atoms with E-state index in [2.05, 4.69) is 17.2 Å². The average molecular weight is 396 g/mol. The minimum Gasteiger partial charge on any atom is -0.491 e. The van der Waals surface area contributed by atoms with Crippen LogP contribution in [0.15, 0.2) is 48.8 Å². The van der Waals surface area contributed by atoms with Crippen LogP contribution in [0.1, 0.15) is 38.8 Å². The van der Waals surface area contributed by atoms with E-state index in [1.807, 2.05) is 38.1 Å². The second-order valence-corrected chi connectivity index (χ2v) is 6.97. The maximum atomic E-state index is 12.5. The van der Waals surface area contributed by atoms with Gasteiger partial charge >= 0.3 is 0 Å². The zero-order chi connectivity index (χ0) is 21.0. The summed E-state index contributed by atoms with van der Waals surface area (Å²) in [4.78, 5) is 27.5. The molecule has 0 bridgehead atoms. The number of nitro groups is 1. The second-order valence-electron chi connectivity index (χ2n) is 6.97. The molecular formula is C21H24N4O4. The van der Waals surface area contributed by atoms with Crippen molar-refractivity contribution in [1.82, 2.24) is 14.9 Å². The highest BCUT2D eigenvalue weighted by Crippen LogP contribution is 2.24. The number of hydrogen-bond acceptors (Lipinski definition) is 5. The number of nitro benzene ring substituents is 1. The van der Waals surface area contributed by atoms with Crippen LogP contribution in [0.25, 0.3) is 11.0 Å². The Morgan fingerprint density at radius 3 is 2.62 bits per heavy atom. The predicted octanol–water partition coefficient (Wildman–Crippen LogP) is 4.00. The molecule has 1 N–H and O–H groups in total. The molecule has 0 radical (unpaired) electrons. The topological polar surface area (TPSA) is 99.3 Å². The molecule has 3 rings (SSSR count). The monoisotopic (exact) mass is 396 g/mol. The van der Waals surface area contributed by atoms with E-state index in [9.17, 15) is 14.9 Å². The van der Waals surface area contributed by atoms with Crippen molar-refractivity contribution < 1.29 is 14.5 Å². The van der Waals surface area contributed by atoms with E-state index >= 15 is 0 Å². The zero-order valence-corrected chi connectivity index (χ0v) is 16.7. The lowest BCUT2D eigenvalue weighted by molar-refractivity contribution is -0.383. The number of aromatic nitrogens is 2. The summed E-state index contributed by atoms with van der Waals surface area (Å²) in [7, 11) is 0. The quantitative estimate of drug-likeness (QED) is 0.458. The number of benzene rings is 2. The Morgan fingerprint density at radius 1 is 1.24 bits per heavy atom. The number of nitrogens with one attached hydrogen (secondary N) is 1. The molecule has 0 aliphatic heterocycles. The fourth-order valence-corrected chi connectivity index (χ4v) is 3.05. The van der Waals surface area contributed by atoms with Gasteiger partial charge in [-0.15, -0.1) is 0 Å². The van der Waals surface area contributed by atoms with E-state index in [0.717, 1.165) is 17.7 Å². The number of imidazole rings is 1. The van der Waals surface area contributed by atoms with Crippen LogP contribution >= 0.6 is 0 Å². The van der Waals surface area contributed by atoms with Crippen molar-refractivity contribution >= 4 is 22.6 Å². The molecule has 0 saturated carbocycles. The van der Waals surface area contributed by atoms with Crippen LogP contribution in [-0.4, -0.2) is 26.5 Å². The van der Waals surface area contributed by atoms with Gasteiger partial charge in [-0.05, 0) is 44.0 Å². The second kappa shape index (κ2) is 8.72. The Labute approximate surface area is 168 Å². The summed E-state index contributed by atoms with van der Waals surface area (Å²) in [5.41, 5.74) is 1.69. The van der Waals surface area contributed by atoms with Crippen LogP contribution in [0.2, 0.25) is 0 Å². The number of amides is 1. The largest absolute Gasteiger partial charge is 0.491 e. The highest BCUT2D eigenvalue weighted by Gasteiger charge is 2.18. The number of para-hydroxylation sites is 1. The summed E-state index contributed by atoms with van der Waals surface area (Å²) >= 11 is 0. The minimum absolute atomic E-state index is 0.0547. The highest BCUT2D eigenvalue weighted by molar-refractivity contribution is 5.87. The fraction of sp³-hybridized carbons (Fsp3) is 0.333. The number of hydrogen-bond donors (Lipinski definition) is 1. The first kappa shape index (κ1) is 20.3. The van der Waals surface area contributed by atoms with Gasteiger partial charge in [0.25, 0.3) is 5.69 Å². The summed E-state index contributed by atoms with van der Waals surface area (Å²) in [6, 6.07) is 12.1. The molecule has 1 unspecified atom stereocenters. The molecule has 1 aromatic heterocycles. The van der Waals surface area contributed by atoms with E-state index in [4.69, 9.17) is 4.74 Å². The SMILES string of the molecule is CC[C@H](C)Oc1ccc(C(C)NC(=O)Cn2cnc3cccc([N+](=O)[O-])c32)cc1. The van der Waals surface area contributed by atoms with Crippen LogP contribution < -0.4 is 10.1 Å². The third kappa shape index (κ3) is 4.71. The van der Waals surface area contributed by atoms with Gasteiger partial charge in [0.05, 0.1) is 28.9 Å². The van der Waals surface area contributed by atoms with E-state index in [1.54, 1.807) is 12.1 Å². The lowest BCUT2D eigenvalue weighted by atomic mass is 10.1. The van der Waals surface area contributed by atoms with Crippen molar-refractivity contribution in [3.8, 4) is 5.75 Å². The molecule has 3 aromatic rings. The van der Waals surface area contributed by atoms with Crippen molar-refractivity contribution in [2.45, 2.75) is 45.9 Å². The van der Waals surface area contributed by atoms with Gasteiger partial charge in [0.2, 0.25) is 5.91 Å². The van der Waals surface area contributed by atoms with Gasteiger partial charge < -0.3 is 14.6 Å². The number of rotatable bonds is 8. The van der Waals surface area contributed by atoms with Gasteiger partial charge in [-0.2, -0.15) is 0 Å². The van der Waals surface area contributed by atoms with E-state index in [1.165, 1.54) is 17.0 Å². The van der Waals surface area contributed by atoms with Gasteiger partial charge in [-0.3, -0.25) is 14.9 Å². The standard InChI is InChI=1S/C21H24N4O4/c1-4-14(2)29-17-10-8-16(9-11-17)15(3)23-20(26)12-24-13-22-18-6-5-7-19(21(18)24)25(27)28/h5-11,13-15H,4,12H2,1-3H3,(H,23,26)/t14-,15?/m0/s1. The predicted molar refractivity (Wildman–Crippen MR) is 110 cm³/mol. The molecule has 1 amide bonds. The average Bonchev–Trinajstić information content (AvgIpc) is 3.11. The third-order valence-corrected chi connectivity index (χ3v) is 4.80. The summed E-state index contributed by atoms with van der Waals surface area (Å²) in [5.74, 6) is 0.536. The van der Waals surface area contributed by atoms with Gasteiger partial charge in [0, 0.05) is 6.07 Å². The third-order valence-electron chi connectivity index (χ3n) is 4.80. The smallest absolute Gasteiger partial charge is 0.295 e. The van der Waals surface area contributed by atoms with Crippen LogP contribution in [0.4, 0.5) is 5.69 Å². The number of fused-ring (bicyclic) bond motifs is 1. The molecule has 0 aliphatic rings.